The summed E-state index contributed by atoms with van der Waals surface area (Å²) in [6.45, 7) is 1.12. The van der Waals surface area contributed by atoms with Crippen LogP contribution in [0.5, 0.6) is 0 Å². The highest BCUT2D eigenvalue weighted by Gasteiger charge is 2.24. The van der Waals surface area contributed by atoms with Gasteiger partial charge in [0, 0.05) is 11.6 Å². The topological polar surface area (TPSA) is 92.3 Å². The first-order valence-corrected chi connectivity index (χ1v) is 7.77. The number of hydrogen-bond donors (Lipinski definition) is 2. The van der Waals surface area contributed by atoms with Crippen molar-refractivity contribution in [3.8, 4) is 0 Å². The van der Waals surface area contributed by atoms with Gasteiger partial charge in [0.1, 0.15) is 0 Å². The van der Waals surface area contributed by atoms with Gasteiger partial charge in [-0.3, -0.25) is 9.59 Å². The number of ketones is 1. The van der Waals surface area contributed by atoms with E-state index in [0.717, 1.165) is 12.8 Å². The van der Waals surface area contributed by atoms with E-state index in [2.05, 4.69) is 10.0 Å². The van der Waals surface area contributed by atoms with E-state index in [1.165, 1.54) is 31.2 Å². The summed E-state index contributed by atoms with van der Waals surface area (Å²) in [6.07, 6.45) is 1.90. The van der Waals surface area contributed by atoms with Gasteiger partial charge in [-0.25, -0.2) is 13.1 Å². The molecule has 1 saturated carbocycles. The monoisotopic (exact) mass is 296 g/mol. The second-order valence-electron chi connectivity index (χ2n) is 4.75. The highest BCUT2D eigenvalue weighted by molar-refractivity contribution is 7.89. The third-order valence-electron chi connectivity index (χ3n) is 2.94. The minimum absolute atomic E-state index is 0.0294. The van der Waals surface area contributed by atoms with Crippen LogP contribution in [0.25, 0.3) is 0 Å². The van der Waals surface area contributed by atoms with E-state index in [9.17, 15) is 18.0 Å². The van der Waals surface area contributed by atoms with Crippen molar-refractivity contribution in [2.75, 3.05) is 6.54 Å². The van der Waals surface area contributed by atoms with Crippen LogP contribution in [0.3, 0.4) is 0 Å². The molecule has 0 heterocycles. The Morgan fingerprint density at radius 2 is 1.80 bits per heavy atom. The Bertz CT molecular complexity index is 618. The second kappa shape index (κ2) is 5.72. The number of Topliss-reactive ketones (excluding diaryl/α,β-unsaturated/α-hetero) is 1. The largest absolute Gasteiger partial charge is 0.352 e. The third-order valence-corrected chi connectivity index (χ3v) is 4.35. The van der Waals surface area contributed by atoms with E-state index in [0.29, 0.717) is 5.56 Å². The Balaban J connectivity index is 1.98. The predicted molar refractivity (Wildman–Crippen MR) is 72.8 cm³/mol. The molecule has 0 spiro atoms. The summed E-state index contributed by atoms with van der Waals surface area (Å²) in [7, 11) is -3.74. The van der Waals surface area contributed by atoms with Crippen molar-refractivity contribution in [3.05, 3.63) is 29.8 Å². The van der Waals surface area contributed by atoms with Crippen molar-refractivity contribution in [2.45, 2.75) is 30.7 Å². The van der Waals surface area contributed by atoms with Crippen LogP contribution in [0, 0.1) is 0 Å². The SMILES string of the molecule is CC(=O)c1ccc(S(=O)(=O)NCC(=O)NC2CC2)cc1. The summed E-state index contributed by atoms with van der Waals surface area (Å²) >= 11 is 0. The molecule has 20 heavy (non-hydrogen) atoms. The van der Waals surface area contributed by atoms with Gasteiger partial charge in [0.05, 0.1) is 11.4 Å². The normalized spacial score (nSPS) is 14.8. The lowest BCUT2D eigenvalue weighted by atomic mass is 10.2. The number of benzene rings is 1. The van der Waals surface area contributed by atoms with Gasteiger partial charge >= 0.3 is 0 Å². The summed E-state index contributed by atoms with van der Waals surface area (Å²) in [5, 5.41) is 2.69. The molecule has 1 aromatic rings. The maximum Gasteiger partial charge on any atom is 0.241 e. The number of sulfonamides is 1. The molecule has 1 aliphatic carbocycles. The summed E-state index contributed by atoms with van der Waals surface area (Å²) in [5.41, 5.74) is 0.440. The number of hydrogen-bond acceptors (Lipinski definition) is 4. The highest BCUT2D eigenvalue weighted by Crippen LogP contribution is 2.18. The average Bonchev–Trinajstić information content (AvgIpc) is 3.20. The molecule has 0 bridgehead atoms. The summed E-state index contributed by atoms with van der Waals surface area (Å²) in [6, 6.07) is 5.78. The molecule has 0 atom stereocenters. The van der Waals surface area contributed by atoms with E-state index < -0.39 is 10.0 Å². The van der Waals surface area contributed by atoms with Crippen LogP contribution in [0.15, 0.2) is 29.2 Å². The second-order valence-corrected chi connectivity index (χ2v) is 6.51. The van der Waals surface area contributed by atoms with E-state index in [1.54, 1.807) is 0 Å². The quantitative estimate of drug-likeness (QED) is 0.745. The van der Waals surface area contributed by atoms with Crippen LogP contribution in [-0.2, 0) is 14.8 Å². The zero-order valence-electron chi connectivity index (χ0n) is 11.0. The van der Waals surface area contributed by atoms with Crippen molar-refractivity contribution < 1.29 is 18.0 Å². The fourth-order valence-corrected chi connectivity index (χ4v) is 2.60. The first kappa shape index (κ1) is 14.7. The van der Waals surface area contributed by atoms with Gasteiger partial charge in [-0.1, -0.05) is 12.1 Å². The Kier molecular flexibility index (Phi) is 4.20. The fraction of sp³-hybridized carbons (Fsp3) is 0.385. The third kappa shape index (κ3) is 3.88. The number of rotatable bonds is 6. The molecular weight excluding hydrogens is 280 g/mol. The number of carbonyl (C=O) groups is 2. The molecule has 1 fully saturated rings. The molecule has 0 aromatic heterocycles. The average molecular weight is 296 g/mol. The Morgan fingerprint density at radius 3 is 2.30 bits per heavy atom. The van der Waals surface area contributed by atoms with Crippen LogP contribution in [0.2, 0.25) is 0 Å². The zero-order valence-corrected chi connectivity index (χ0v) is 11.9. The number of amides is 1. The first-order valence-electron chi connectivity index (χ1n) is 6.28. The molecule has 108 valence electrons. The fourth-order valence-electron chi connectivity index (χ4n) is 1.62. The Labute approximate surface area is 117 Å². The van der Waals surface area contributed by atoms with Crippen molar-refractivity contribution in [2.24, 2.45) is 0 Å². The Morgan fingerprint density at radius 1 is 1.20 bits per heavy atom. The smallest absolute Gasteiger partial charge is 0.241 e. The lowest BCUT2D eigenvalue weighted by molar-refractivity contribution is -0.120. The van der Waals surface area contributed by atoms with Crippen molar-refractivity contribution in [3.63, 3.8) is 0 Å². The highest BCUT2D eigenvalue weighted by atomic mass is 32.2. The maximum atomic E-state index is 11.9. The van der Waals surface area contributed by atoms with E-state index >= 15 is 0 Å². The van der Waals surface area contributed by atoms with Gasteiger partial charge in [-0.15, -0.1) is 0 Å². The van der Waals surface area contributed by atoms with Crippen LogP contribution < -0.4 is 10.0 Å². The van der Waals surface area contributed by atoms with Crippen molar-refractivity contribution in [1.29, 1.82) is 0 Å². The van der Waals surface area contributed by atoms with Gasteiger partial charge in [0.15, 0.2) is 5.78 Å². The molecule has 1 aliphatic rings. The summed E-state index contributed by atoms with van der Waals surface area (Å²) < 4.78 is 26.1. The lowest BCUT2D eigenvalue weighted by Gasteiger charge is -2.07. The molecule has 1 amide bonds. The molecule has 1 aromatic carbocycles. The predicted octanol–water partition coefficient (Wildman–Crippen LogP) is 0.446. The standard InChI is InChI=1S/C13H16N2O4S/c1-9(16)10-2-6-12(7-3-10)20(18,19)14-8-13(17)15-11-4-5-11/h2-3,6-7,11,14H,4-5,8H2,1H3,(H,15,17). The van der Waals surface area contributed by atoms with Crippen LogP contribution in [0.4, 0.5) is 0 Å². The minimum Gasteiger partial charge on any atom is -0.352 e. The van der Waals surface area contributed by atoms with Crippen molar-refractivity contribution >= 4 is 21.7 Å². The number of nitrogens with one attached hydrogen (secondary N) is 2. The minimum atomic E-state index is -3.74. The van der Waals surface area contributed by atoms with Gasteiger partial charge in [0.25, 0.3) is 0 Å². The summed E-state index contributed by atoms with van der Waals surface area (Å²) in [4.78, 5) is 22.6. The van der Waals surface area contributed by atoms with Gasteiger partial charge in [-0.2, -0.15) is 0 Å². The van der Waals surface area contributed by atoms with Gasteiger partial charge in [-0.05, 0) is 31.9 Å². The molecule has 0 radical (unpaired) electrons. The molecule has 2 N–H and O–H groups in total. The first-order chi connectivity index (χ1) is 9.38. The van der Waals surface area contributed by atoms with Gasteiger partial charge < -0.3 is 5.32 Å². The van der Waals surface area contributed by atoms with E-state index in [-0.39, 0.29) is 29.2 Å². The summed E-state index contributed by atoms with van der Waals surface area (Å²) in [5.74, 6) is -0.470. The molecular formula is C13H16N2O4S. The van der Waals surface area contributed by atoms with Crippen LogP contribution in [-0.4, -0.2) is 32.7 Å². The van der Waals surface area contributed by atoms with Crippen LogP contribution >= 0.6 is 0 Å². The molecule has 2 rings (SSSR count). The molecule has 0 saturated heterocycles. The van der Waals surface area contributed by atoms with E-state index in [1.807, 2.05) is 0 Å². The molecule has 6 nitrogen and oxygen atoms in total. The maximum absolute atomic E-state index is 11.9. The molecule has 7 heteroatoms. The van der Waals surface area contributed by atoms with E-state index in [4.69, 9.17) is 0 Å². The Hall–Kier alpha value is -1.73. The van der Waals surface area contributed by atoms with Crippen LogP contribution in [0.1, 0.15) is 30.1 Å². The molecule has 0 unspecified atom stereocenters. The number of carbonyl (C=O) groups excluding carboxylic acids is 2. The van der Waals surface area contributed by atoms with Gasteiger partial charge in [0.2, 0.25) is 15.9 Å². The lowest BCUT2D eigenvalue weighted by Crippen LogP contribution is -2.37. The van der Waals surface area contributed by atoms with Crippen molar-refractivity contribution in [1.82, 2.24) is 10.0 Å². The zero-order chi connectivity index (χ0) is 14.8. The molecule has 0 aliphatic heterocycles.